The monoisotopic (exact) mass is 225 g/mol. The Morgan fingerprint density at radius 1 is 1.24 bits per heavy atom. The van der Waals surface area contributed by atoms with Gasteiger partial charge >= 0.3 is 0 Å². The van der Waals surface area contributed by atoms with Crippen LogP contribution in [0.3, 0.4) is 0 Å². The second-order valence-corrected chi connectivity index (χ2v) is 4.13. The van der Waals surface area contributed by atoms with Crippen molar-refractivity contribution in [2.45, 2.75) is 20.4 Å². The molecule has 0 amide bonds. The summed E-state index contributed by atoms with van der Waals surface area (Å²) in [6.07, 6.45) is 0. The molecule has 0 aliphatic carbocycles. The molecule has 86 valence electrons. The Hall–Kier alpha value is -2.21. The summed E-state index contributed by atoms with van der Waals surface area (Å²) in [5.41, 5.74) is 9.83. The predicted molar refractivity (Wildman–Crippen MR) is 70.1 cm³/mol. The Bertz CT molecular complexity index is 574. The van der Waals surface area contributed by atoms with Gasteiger partial charge in [-0.25, -0.2) is 4.85 Å². The zero-order valence-corrected chi connectivity index (χ0v) is 10.1. The molecule has 0 saturated heterocycles. The van der Waals surface area contributed by atoms with E-state index < -0.39 is 0 Å². The summed E-state index contributed by atoms with van der Waals surface area (Å²) in [4.78, 5) is 3.50. The topological polar surface area (TPSA) is 35.3 Å². The van der Waals surface area contributed by atoms with Crippen molar-refractivity contribution in [2.75, 3.05) is 5.73 Å². The van der Waals surface area contributed by atoms with Gasteiger partial charge in [-0.1, -0.05) is 30.3 Å². The summed E-state index contributed by atoms with van der Waals surface area (Å²) >= 11 is 0. The van der Waals surface area contributed by atoms with E-state index in [0.717, 1.165) is 17.8 Å². The summed E-state index contributed by atoms with van der Waals surface area (Å²) in [7, 11) is 0. The lowest BCUT2D eigenvalue weighted by molar-refractivity contribution is 0.784. The third kappa shape index (κ3) is 1.90. The number of benzene rings is 1. The predicted octanol–water partition coefficient (Wildman–Crippen LogP) is 3.29. The van der Waals surface area contributed by atoms with E-state index in [0.29, 0.717) is 11.5 Å². The Labute approximate surface area is 101 Å². The summed E-state index contributed by atoms with van der Waals surface area (Å²) in [5, 5.41) is 0. The van der Waals surface area contributed by atoms with E-state index in [2.05, 4.69) is 17.0 Å². The van der Waals surface area contributed by atoms with Crippen molar-refractivity contribution >= 4 is 11.5 Å². The molecule has 2 aromatic rings. The molecule has 3 nitrogen and oxygen atoms in total. The van der Waals surface area contributed by atoms with Gasteiger partial charge in [0.1, 0.15) is 5.82 Å². The molecule has 2 N–H and O–H groups in total. The number of hydrogen-bond donors (Lipinski definition) is 1. The van der Waals surface area contributed by atoms with Crippen molar-refractivity contribution in [3.63, 3.8) is 0 Å². The molecule has 1 aromatic carbocycles. The van der Waals surface area contributed by atoms with Crippen molar-refractivity contribution in [1.29, 1.82) is 0 Å². The molecule has 3 heteroatoms. The van der Waals surface area contributed by atoms with Crippen LogP contribution in [0.5, 0.6) is 0 Å². The maximum absolute atomic E-state index is 7.15. The molecular formula is C14H15N3. The quantitative estimate of drug-likeness (QED) is 0.782. The molecule has 0 spiro atoms. The second-order valence-electron chi connectivity index (χ2n) is 4.13. The van der Waals surface area contributed by atoms with Gasteiger partial charge in [0.05, 0.1) is 6.57 Å². The summed E-state index contributed by atoms with van der Waals surface area (Å²) in [6.45, 7) is 11.8. The standard InChI is InChI=1S/C14H15N3/c1-10-11(2)17(14(15)13(10)16-3)9-12-7-5-4-6-8-12/h4-8H,9,15H2,1-2H3. The normalized spacial score (nSPS) is 10.2. The highest BCUT2D eigenvalue weighted by atomic mass is 15.1. The first-order chi connectivity index (χ1) is 8.15. The van der Waals surface area contributed by atoms with Crippen LogP contribution in [-0.2, 0) is 6.54 Å². The first-order valence-corrected chi connectivity index (χ1v) is 5.51. The zero-order chi connectivity index (χ0) is 12.4. The molecule has 0 unspecified atom stereocenters. The number of anilines is 1. The third-order valence-corrected chi connectivity index (χ3v) is 3.13. The van der Waals surface area contributed by atoms with Crippen LogP contribution in [0.1, 0.15) is 16.8 Å². The minimum Gasteiger partial charge on any atom is -0.394 e. The number of nitrogens with zero attached hydrogens (tertiary/aromatic N) is 2. The summed E-state index contributed by atoms with van der Waals surface area (Å²) < 4.78 is 2.00. The molecule has 0 aliphatic rings. The Morgan fingerprint density at radius 2 is 1.88 bits per heavy atom. The average Bonchev–Trinajstić information content (AvgIpc) is 2.55. The third-order valence-electron chi connectivity index (χ3n) is 3.13. The summed E-state index contributed by atoms with van der Waals surface area (Å²) in [6, 6.07) is 10.1. The van der Waals surface area contributed by atoms with Gasteiger partial charge in [-0.05, 0) is 25.0 Å². The highest BCUT2D eigenvalue weighted by molar-refractivity contribution is 5.71. The fraction of sp³-hybridized carbons (Fsp3) is 0.214. The Balaban J connectivity index is 2.45. The van der Waals surface area contributed by atoms with Gasteiger partial charge in [0.25, 0.3) is 0 Å². The van der Waals surface area contributed by atoms with E-state index in [1.807, 2.05) is 36.6 Å². The van der Waals surface area contributed by atoms with E-state index in [1.54, 1.807) is 0 Å². The van der Waals surface area contributed by atoms with Crippen LogP contribution in [0.2, 0.25) is 0 Å². The van der Waals surface area contributed by atoms with Crippen LogP contribution in [0.25, 0.3) is 4.85 Å². The molecule has 0 bridgehead atoms. The van der Waals surface area contributed by atoms with Gasteiger partial charge in [-0.15, -0.1) is 0 Å². The van der Waals surface area contributed by atoms with Crippen LogP contribution in [-0.4, -0.2) is 4.57 Å². The molecule has 0 aliphatic heterocycles. The highest BCUT2D eigenvalue weighted by Gasteiger charge is 2.14. The van der Waals surface area contributed by atoms with E-state index in [4.69, 9.17) is 12.3 Å². The maximum atomic E-state index is 7.15. The van der Waals surface area contributed by atoms with Crippen LogP contribution in [0, 0.1) is 20.4 Å². The number of hydrogen-bond acceptors (Lipinski definition) is 1. The fourth-order valence-corrected chi connectivity index (χ4v) is 1.99. The van der Waals surface area contributed by atoms with E-state index in [-0.39, 0.29) is 0 Å². The molecule has 0 atom stereocenters. The van der Waals surface area contributed by atoms with Gasteiger partial charge < -0.3 is 10.3 Å². The molecule has 1 aromatic heterocycles. The number of nitrogens with two attached hydrogens (primary N) is 1. The minimum absolute atomic E-state index is 0.568. The molecular weight excluding hydrogens is 210 g/mol. The van der Waals surface area contributed by atoms with Crippen molar-refractivity contribution < 1.29 is 0 Å². The molecule has 1 heterocycles. The van der Waals surface area contributed by atoms with E-state index >= 15 is 0 Å². The molecule has 2 rings (SSSR count). The average molecular weight is 225 g/mol. The van der Waals surface area contributed by atoms with Crippen molar-refractivity contribution in [3.8, 4) is 0 Å². The van der Waals surface area contributed by atoms with Gasteiger partial charge in [0.2, 0.25) is 5.69 Å². The van der Waals surface area contributed by atoms with Gasteiger partial charge in [-0.2, -0.15) is 0 Å². The second kappa shape index (κ2) is 4.34. The lowest BCUT2D eigenvalue weighted by Crippen LogP contribution is -2.05. The van der Waals surface area contributed by atoms with E-state index in [9.17, 15) is 0 Å². The molecule has 17 heavy (non-hydrogen) atoms. The van der Waals surface area contributed by atoms with Gasteiger partial charge in [0.15, 0.2) is 0 Å². The number of rotatable bonds is 2. The lowest BCUT2D eigenvalue weighted by atomic mass is 10.2. The fourth-order valence-electron chi connectivity index (χ4n) is 1.99. The lowest BCUT2D eigenvalue weighted by Gasteiger charge is -2.09. The largest absolute Gasteiger partial charge is 0.394 e. The smallest absolute Gasteiger partial charge is 0.230 e. The maximum Gasteiger partial charge on any atom is 0.230 e. The minimum atomic E-state index is 0.568. The van der Waals surface area contributed by atoms with Crippen LogP contribution >= 0.6 is 0 Å². The van der Waals surface area contributed by atoms with Crippen LogP contribution in [0.4, 0.5) is 11.5 Å². The van der Waals surface area contributed by atoms with Gasteiger partial charge in [-0.3, -0.25) is 0 Å². The van der Waals surface area contributed by atoms with Crippen molar-refractivity contribution in [2.24, 2.45) is 0 Å². The highest BCUT2D eigenvalue weighted by Crippen LogP contribution is 2.32. The number of nitrogen functional groups attached to an aromatic ring is 1. The van der Waals surface area contributed by atoms with Crippen LogP contribution < -0.4 is 5.73 Å². The van der Waals surface area contributed by atoms with Crippen LogP contribution in [0.15, 0.2) is 30.3 Å². The first kappa shape index (κ1) is 11.3. The zero-order valence-electron chi connectivity index (χ0n) is 10.1. The Morgan fingerprint density at radius 3 is 2.41 bits per heavy atom. The van der Waals surface area contributed by atoms with Crippen molar-refractivity contribution in [3.05, 3.63) is 58.6 Å². The Kier molecular flexibility index (Phi) is 2.88. The SMILES string of the molecule is [C-]#[N+]c1c(C)c(C)n(Cc2ccccc2)c1N. The first-order valence-electron chi connectivity index (χ1n) is 5.51. The molecule has 0 saturated carbocycles. The van der Waals surface area contributed by atoms with Crippen molar-refractivity contribution in [1.82, 2.24) is 4.57 Å². The number of aromatic nitrogens is 1. The van der Waals surface area contributed by atoms with E-state index in [1.165, 1.54) is 5.56 Å². The summed E-state index contributed by atoms with van der Waals surface area (Å²) in [5.74, 6) is 0.568. The molecule has 0 fully saturated rings. The van der Waals surface area contributed by atoms with Gasteiger partial charge in [0, 0.05) is 12.2 Å². The molecule has 0 radical (unpaired) electrons.